The highest BCUT2D eigenvalue weighted by Crippen LogP contribution is 2.36. The van der Waals surface area contributed by atoms with Gasteiger partial charge in [0.1, 0.15) is 23.9 Å². The molecule has 11 nitrogen and oxygen atoms in total. The number of nitrogens with zero attached hydrogens (tertiary/aromatic N) is 6. The molecule has 1 saturated heterocycles. The van der Waals surface area contributed by atoms with Crippen LogP contribution >= 0.6 is 11.8 Å². The summed E-state index contributed by atoms with van der Waals surface area (Å²) in [7, 11) is 1.52. The van der Waals surface area contributed by atoms with Crippen LogP contribution < -0.4 is 19.7 Å². The fourth-order valence-corrected chi connectivity index (χ4v) is 5.31. The van der Waals surface area contributed by atoms with Gasteiger partial charge in [0.25, 0.3) is 0 Å². The standard InChI is InChI=1S/C30H24F3N7O4S/c1-17(2)23-10-9-22(43-3)13-25(23)40-26(41)15-45-29(40)37-28(42)36-24-11-4-18(12-19(24)14-34)27-35-16-39(38-27)20-5-7-21(8-6-20)44-30(31,32)33/h4-13,16-17H,15H2,1-3H3,(H,36,42). The highest BCUT2D eigenvalue weighted by molar-refractivity contribution is 8.15. The average molecular weight is 636 g/mol. The van der Waals surface area contributed by atoms with Gasteiger partial charge in [-0.2, -0.15) is 10.3 Å². The summed E-state index contributed by atoms with van der Waals surface area (Å²) < 4.78 is 47.9. The first kappa shape index (κ1) is 31.1. The van der Waals surface area contributed by atoms with Crippen molar-refractivity contribution in [2.75, 3.05) is 23.1 Å². The summed E-state index contributed by atoms with van der Waals surface area (Å²) in [5.74, 6) is 0.353. The number of carbonyl (C=O) groups excluding carboxylic acids is 2. The third kappa shape index (κ3) is 7.07. The molecule has 4 aromatic rings. The number of ether oxygens (including phenoxy) is 2. The number of carbonyl (C=O) groups is 2. The number of hydrogen-bond acceptors (Lipinski definition) is 8. The Morgan fingerprint density at radius 3 is 2.51 bits per heavy atom. The van der Waals surface area contributed by atoms with Crippen molar-refractivity contribution in [2.45, 2.75) is 26.1 Å². The number of aliphatic imine (C=N–C) groups is 1. The molecule has 1 aliphatic rings. The summed E-state index contributed by atoms with van der Waals surface area (Å²) in [5.41, 5.74) is 2.62. The van der Waals surface area contributed by atoms with Crippen molar-refractivity contribution in [3.63, 3.8) is 0 Å². The smallest absolute Gasteiger partial charge is 0.497 e. The first-order valence-electron chi connectivity index (χ1n) is 13.3. The first-order valence-corrected chi connectivity index (χ1v) is 14.3. The van der Waals surface area contributed by atoms with Crippen LogP contribution in [-0.4, -0.2) is 51.1 Å². The van der Waals surface area contributed by atoms with Gasteiger partial charge >= 0.3 is 12.4 Å². The average Bonchev–Trinajstić information content (AvgIpc) is 3.63. The number of halogens is 3. The number of amides is 3. The van der Waals surface area contributed by atoms with E-state index in [9.17, 15) is 28.0 Å². The first-order chi connectivity index (χ1) is 21.5. The second kappa shape index (κ2) is 12.7. The Hall–Kier alpha value is -5.36. The Bertz CT molecular complexity index is 1830. The molecule has 3 aromatic carbocycles. The summed E-state index contributed by atoms with van der Waals surface area (Å²) >= 11 is 1.12. The molecule has 1 aliphatic heterocycles. The second-order valence-corrected chi connectivity index (χ2v) is 10.8. The fraction of sp³-hybridized carbons (Fsp3) is 0.200. The number of nitrogens with one attached hydrogen (secondary N) is 1. The monoisotopic (exact) mass is 635 g/mol. The third-order valence-electron chi connectivity index (χ3n) is 6.53. The van der Waals surface area contributed by atoms with Gasteiger partial charge < -0.3 is 14.8 Å². The number of nitriles is 1. The summed E-state index contributed by atoms with van der Waals surface area (Å²) in [6, 6.07) is 16.3. The highest BCUT2D eigenvalue weighted by atomic mass is 32.2. The number of amidine groups is 1. The summed E-state index contributed by atoms with van der Waals surface area (Å²) in [5, 5.41) is 16.9. The van der Waals surface area contributed by atoms with E-state index in [2.05, 4.69) is 25.1 Å². The minimum atomic E-state index is -4.80. The van der Waals surface area contributed by atoms with E-state index in [4.69, 9.17) is 4.74 Å². The summed E-state index contributed by atoms with van der Waals surface area (Å²) in [4.78, 5) is 35.6. The van der Waals surface area contributed by atoms with Gasteiger partial charge in [0, 0.05) is 11.6 Å². The molecular formula is C30H24F3N7O4S. The van der Waals surface area contributed by atoms with Gasteiger partial charge in [-0.3, -0.25) is 9.69 Å². The molecule has 3 amide bonds. The van der Waals surface area contributed by atoms with Gasteiger partial charge in [-0.25, -0.2) is 14.5 Å². The predicted molar refractivity (Wildman–Crippen MR) is 162 cm³/mol. The van der Waals surface area contributed by atoms with Crippen molar-refractivity contribution in [3.05, 3.63) is 78.1 Å². The van der Waals surface area contributed by atoms with Crippen LogP contribution in [0.3, 0.4) is 0 Å². The van der Waals surface area contributed by atoms with Crippen LogP contribution in [0.4, 0.5) is 29.3 Å². The van der Waals surface area contributed by atoms with E-state index in [1.807, 2.05) is 26.0 Å². The van der Waals surface area contributed by atoms with E-state index in [0.29, 0.717) is 22.7 Å². The molecule has 0 atom stereocenters. The Morgan fingerprint density at radius 1 is 1.11 bits per heavy atom. The minimum absolute atomic E-state index is 0.0791. The molecule has 0 aliphatic carbocycles. The second-order valence-electron chi connectivity index (χ2n) is 9.85. The molecule has 0 radical (unpaired) electrons. The Kier molecular flexibility index (Phi) is 8.77. The van der Waals surface area contributed by atoms with E-state index in [1.54, 1.807) is 18.2 Å². The Balaban J connectivity index is 1.34. The zero-order valence-electron chi connectivity index (χ0n) is 24.0. The van der Waals surface area contributed by atoms with Crippen molar-refractivity contribution in [2.24, 2.45) is 4.99 Å². The van der Waals surface area contributed by atoms with E-state index in [-0.39, 0.29) is 45.6 Å². The topological polar surface area (TPSA) is 135 Å². The zero-order valence-corrected chi connectivity index (χ0v) is 24.8. The number of hydrogen-bond donors (Lipinski definition) is 1. The highest BCUT2D eigenvalue weighted by Gasteiger charge is 2.33. The van der Waals surface area contributed by atoms with Gasteiger partial charge in [0.05, 0.1) is 35.5 Å². The van der Waals surface area contributed by atoms with Crippen molar-refractivity contribution < 1.29 is 32.2 Å². The van der Waals surface area contributed by atoms with Crippen molar-refractivity contribution in [1.82, 2.24) is 14.8 Å². The fourth-order valence-electron chi connectivity index (χ4n) is 4.45. The lowest BCUT2D eigenvalue weighted by atomic mass is 10.00. The van der Waals surface area contributed by atoms with Gasteiger partial charge in [-0.05, 0) is 60.0 Å². The minimum Gasteiger partial charge on any atom is -0.497 e. The number of rotatable bonds is 7. The van der Waals surface area contributed by atoms with Crippen LogP contribution in [0.2, 0.25) is 0 Å². The maximum Gasteiger partial charge on any atom is 0.573 e. The van der Waals surface area contributed by atoms with Crippen LogP contribution in [0.1, 0.15) is 30.9 Å². The van der Waals surface area contributed by atoms with Gasteiger partial charge in [-0.1, -0.05) is 31.7 Å². The zero-order chi connectivity index (χ0) is 32.3. The molecule has 0 unspecified atom stereocenters. The maximum absolute atomic E-state index is 13.0. The number of methoxy groups -OCH3 is 1. The van der Waals surface area contributed by atoms with Gasteiger partial charge in [0.2, 0.25) is 5.91 Å². The third-order valence-corrected chi connectivity index (χ3v) is 7.45. The number of aromatic nitrogens is 3. The predicted octanol–water partition coefficient (Wildman–Crippen LogP) is 6.50. The van der Waals surface area contributed by atoms with Crippen LogP contribution in [0.5, 0.6) is 11.5 Å². The number of thioether (sulfide) groups is 1. The molecule has 15 heteroatoms. The number of alkyl halides is 3. The van der Waals surface area contributed by atoms with Crippen LogP contribution in [0, 0.1) is 11.3 Å². The van der Waals surface area contributed by atoms with E-state index < -0.39 is 12.4 Å². The molecule has 2 heterocycles. The number of anilines is 2. The number of benzene rings is 3. The Labute approximate surface area is 259 Å². The summed E-state index contributed by atoms with van der Waals surface area (Å²) in [6.45, 7) is 3.98. The largest absolute Gasteiger partial charge is 0.573 e. The maximum atomic E-state index is 13.0. The van der Waals surface area contributed by atoms with Crippen molar-refractivity contribution in [1.29, 1.82) is 5.26 Å². The van der Waals surface area contributed by atoms with Crippen LogP contribution in [-0.2, 0) is 4.79 Å². The number of urea groups is 1. The molecule has 1 aromatic heterocycles. The molecule has 0 saturated carbocycles. The lowest BCUT2D eigenvalue weighted by Gasteiger charge is -2.22. The molecular weight excluding hydrogens is 611 g/mol. The molecule has 1 N–H and O–H groups in total. The SMILES string of the molecule is COc1ccc(C(C)C)c(N2C(=O)CSC2=NC(=O)Nc2ccc(-c3ncn(-c4ccc(OC(F)(F)F)cc4)n3)cc2C#N)c1. The van der Waals surface area contributed by atoms with Crippen molar-refractivity contribution in [3.8, 4) is 34.6 Å². The lowest BCUT2D eigenvalue weighted by Crippen LogP contribution is -2.31. The molecule has 45 heavy (non-hydrogen) atoms. The molecule has 230 valence electrons. The molecule has 5 rings (SSSR count). The normalized spacial score (nSPS) is 14.1. The van der Waals surface area contributed by atoms with E-state index in [0.717, 1.165) is 29.5 Å². The van der Waals surface area contributed by atoms with E-state index >= 15 is 0 Å². The molecule has 1 fully saturated rings. The summed E-state index contributed by atoms with van der Waals surface area (Å²) in [6.07, 6.45) is -3.44. The van der Waals surface area contributed by atoms with Gasteiger partial charge in [-0.15, -0.1) is 18.3 Å². The van der Waals surface area contributed by atoms with Crippen molar-refractivity contribution >= 4 is 40.2 Å². The lowest BCUT2D eigenvalue weighted by molar-refractivity contribution is -0.274. The quantitative estimate of drug-likeness (QED) is 0.243. The Morgan fingerprint density at radius 2 is 1.84 bits per heavy atom. The van der Waals surface area contributed by atoms with Crippen LogP contribution in [0.15, 0.2) is 72.0 Å². The van der Waals surface area contributed by atoms with Crippen LogP contribution in [0.25, 0.3) is 17.1 Å². The molecule has 0 bridgehead atoms. The van der Waals surface area contributed by atoms with Gasteiger partial charge in [0.15, 0.2) is 11.0 Å². The van der Waals surface area contributed by atoms with E-state index in [1.165, 1.54) is 47.3 Å². The molecule has 0 spiro atoms.